The number of nitrogen functional groups attached to an aromatic ring is 1. The molecule has 0 amide bonds. The van der Waals surface area contributed by atoms with Crippen molar-refractivity contribution in [1.29, 1.82) is 0 Å². The maximum Gasteiger partial charge on any atom is 0.352 e. The molecule has 0 saturated heterocycles. The number of hydrogen-bond acceptors (Lipinski definition) is 3. The molecule has 0 aliphatic heterocycles. The Balaban J connectivity index is 3.27. The quantitative estimate of drug-likeness (QED) is 0.484. The average Bonchev–Trinajstić information content (AvgIpc) is 2.03. The monoisotopic (exact) mass is 163 g/mol. The summed E-state index contributed by atoms with van der Waals surface area (Å²) in [6, 6.07) is 0. The van der Waals surface area contributed by atoms with Crippen LogP contribution in [0.2, 0.25) is 0 Å². The summed E-state index contributed by atoms with van der Waals surface area (Å²) in [7, 11) is 1.81. The minimum Gasteiger partial charge on any atom is -0.381 e. The van der Waals surface area contributed by atoms with Gasteiger partial charge in [-0.15, -0.1) is 0 Å². The fourth-order valence-corrected chi connectivity index (χ4v) is 0.897. The van der Waals surface area contributed by atoms with Crippen molar-refractivity contribution in [3.05, 3.63) is 18.5 Å². The summed E-state index contributed by atoms with van der Waals surface area (Å²) in [5, 5.41) is 0. The lowest BCUT2D eigenvalue weighted by molar-refractivity contribution is -0.402. The molecule has 1 heterocycles. The van der Waals surface area contributed by atoms with Crippen molar-refractivity contribution in [3.63, 3.8) is 0 Å². The predicted molar refractivity (Wildman–Crippen MR) is 47.7 cm³/mol. The van der Waals surface area contributed by atoms with E-state index >= 15 is 0 Å². The van der Waals surface area contributed by atoms with Crippen LogP contribution in [0.1, 0.15) is 5.69 Å². The highest BCUT2D eigenvalue weighted by Crippen LogP contribution is 2.10. The van der Waals surface area contributed by atoms with E-state index in [1.807, 2.05) is 6.92 Å². The number of hydrogen-bond donors (Lipinski definition) is 1. The van der Waals surface area contributed by atoms with Gasteiger partial charge in [0.15, 0.2) is 12.0 Å². The predicted octanol–water partition coefficient (Wildman–Crippen LogP) is 0.497. The van der Waals surface area contributed by atoms with Crippen LogP contribution in [0.3, 0.4) is 0 Å². The summed E-state index contributed by atoms with van der Waals surface area (Å²) in [6.45, 7) is 5.34. The molecule has 0 atom stereocenters. The first-order chi connectivity index (χ1) is 5.65. The van der Waals surface area contributed by atoms with Crippen LogP contribution < -0.4 is 5.73 Å². The second-order valence-electron chi connectivity index (χ2n) is 2.42. The van der Waals surface area contributed by atoms with E-state index in [1.165, 1.54) is 6.20 Å². The van der Waals surface area contributed by atoms with Crippen LogP contribution in [0.15, 0.2) is 12.8 Å². The van der Waals surface area contributed by atoms with Gasteiger partial charge in [0.05, 0.1) is 12.9 Å². The second-order valence-corrected chi connectivity index (χ2v) is 2.42. The van der Waals surface area contributed by atoms with Crippen molar-refractivity contribution >= 4 is 17.5 Å². The van der Waals surface area contributed by atoms with Gasteiger partial charge < -0.3 is 5.73 Å². The Labute approximate surface area is 71.1 Å². The smallest absolute Gasteiger partial charge is 0.352 e. The first-order valence-corrected chi connectivity index (χ1v) is 3.50. The van der Waals surface area contributed by atoms with E-state index in [2.05, 4.69) is 22.4 Å². The largest absolute Gasteiger partial charge is 0.381 e. The van der Waals surface area contributed by atoms with Crippen molar-refractivity contribution < 1.29 is 4.58 Å². The minimum atomic E-state index is 0.425. The molecule has 1 rings (SSSR count). The molecule has 1 aromatic heterocycles. The summed E-state index contributed by atoms with van der Waals surface area (Å²) in [6.07, 6.45) is 1.51. The highest BCUT2D eigenvalue weighted by atomic mass is 15.1. The number of aryl methyl sites for hydroxylation is 1. The van der Waals surface area contributed by atoms with E-state index in [4.69, 9.17) is 5.73 Å². The number of nitrogens with two attached hydrogens (primary N) is 1. The Hall–Kier alpha value is -1.67. The molecule has 0 aliphatic carbocycles. The molecular formula is C8H11N4+. The Morgan fingerprint density at radius 2 is 2.33 bits per heavy atom. The van der Waals surface area contributed by atoms with Crippen LogP contribution in [0.4, 0.5) is 11.6 Å². The molecule has 12 heavy (non-hydrogen) atoms. The lowest BCUT2D eigenvalue weighted by Gasteiger charge is -1.95. The first-order valence-electron chi connectivity index (χ1n) is 3.50. The third-order valence-corrected chi connectivity index (χ3v) is 1.49. The SMILES string of the molecule is C=C=[N+](C)c1ncc(N)nc1C. The van der Waals surface area contributed by atoms with Crippen molar-refractivity contribution in [2.24, 2.45) is 0 Å². The summed E-state index contributed by atoms with van der Waals surface area (Å²) < 4.78 is 1.67. The summed E-state index contributed by atoms with van der Waals surface area (Å²) >= 11 is 0. The molecular weight excluding hydrogens is 152 g/mol. The number of anilines is 1. The van der Waals surface area contributed by atoms with Gasteiger partial charge in [0.2, 0.25) is 0 Å². The van der Waals surface area contributed by atoms with Gasteiger partial charge in [0.1, 0.15) is 5.69 Å². The van der Waals surface area contributed by atoms with E-state index in [-0.39, 0.29) is 0 Å². The van der Waals surface area contributed by atoms with Gasteiger partial charge in [0, 0.05) is 0 Å². The number of rotatable bonds is 1. The van der Waals surface area contributed by atoms with Gasteiger partial charge in [-0.1, -0.05) is 0 Å². The molecule has 0 spiro atoms. The van der Waals surface area contributed by atoms with Crippen LogP contribution in [-0.2, 0) is 0 Å². The molecule has 0 aliphatic rings. The molecule has 0 unspecified atom stereocenters. The first kappa shape index (κ1) is 8.43. The molecule has 62 valence electrons. The van der Waals surface area contributed by atoms with E-state index in [0.29, 0.717) is 5.82 Å². The fraction of sp³-hybridized carbons (Fsp3) is 0.250. The zero-order valence-corrected chi connectivity index (χ0v) is 7.20. The third-order valence-electron chi connectivity index (χ3n) is 1.49. The summed E-state index contributed by atoms with van der Waals surface area (Å²) in [5.74, 6) is 3.83. The zero-order chi connectivity index (χ0) is 9.14. The molecule has 4 heteroatoms. The van der Waals surface area contributed by atoms with Crippen molar-refractivity contribution in [2.75, 3.05) is 12.8 Å². The van der Waals surface area contributed by atoms with Gasteiger partial charge >= 0.3 is 5.82 Å². The van der Waals surface area contributed by atoms with Gasteiger partial charge in [-0.25, -0.2) is 4.98 Å². The second kappa shape index (κ2) is 3.15. The van der Waals surface area contributed by atoms with Crippen LogP contribution in [0.5, 0.6) is 0 Å². The van der Waals surface area contributed by atoms with Gasteiger partial charge in [0.25, 0.3) is 0 Å². The Morgan fingerprint density at radius 3 is 2.83 bits per heavy atom. The highest BCUT2D eigenvalue weighted by Gasteiger charge is 2.11. The third kappa shape index (κ3) is 1.49. The number of aromatic nitrogens is 2. The molecule has 0 saturated carbocycles. The maximum atomic E-state index is 5.44. The minimum absolute atomic E-state index is 0.425. The fourth-order valence-electron chi connectivity index (χ4n) is 0.897. The van der Waals surface area contributed by atoms with Crippen molar-refractivity contribution in [3.8, 4) is 0 Å². The molecule has 0 aromatic carbocycles. The normalized spacial score (nSPS) is 9.17. The molecule has 4 nitrogen and oxygen atoms in total. The van der Waals surface area contributed by atoms with Crippen LogP contribution in [-0.4, -0.2) is 27.5 Å². The number of nitrogens with zero attached hydrogens (tertiary/aromatic N) is 3. The van der Waals surface area contributed by atoms with Gasteiger partial charge in [-0.2, -0.15) is 4.58 Å². The molecule has 0 radical (unpaired) electrons. The highest BCUT2D eigenvalue weighted by molar-refractivity contribution is 5.44. The Bertz CT molecular complexity index is 350. The van der Waals surface area contributed by atoms with Crippen LogP contribution in [0, 0.1) is 6.92 Å². The zero-order valence-electron chi connectivity index (χ0n) is 7.20. The summed E-state index contributed by atoms with van der Waals surface area (Å²) in [4.78, 5) is 8.13. The van der Waals surface area contributed by atoms with E-state index in [1.54, 1.807) is 11.6 Å². The molecule has 2 N–H and O–H groups in total. The van der Waals surface area contributed by atoms with Crippen molar-refractivity contribution in [2.45, 2.75) is 6.92 Å². The maximum absolute atomic E-state index is 5.44. The molecule has 0 bridgehead atoms. The van der Waals surface area contributed by atoms with E-state index in [9.17, 15) is 0 Å². The van der Waals surface area contributed by atoms with Crippen molar-refractivity contribution in [1.82, 2.24) is 9.97 Å². The van der Waals surface area contributed by atoms with Gasteiger partial charge in [-0.05, 0) is 18.5 Å². The lowest BCUT2D eigenvalue weighted by Crippen LogP contribution is -2.03. The van der Waals surface area contributed by atoms with Crippen LogP contribution in [0.25, 0.3) is 0 Å². The van der Waals surface area contributed by atoms with E-state index in [0.717, 1.165) is 11.5 Å². The van der Waals surface area contributed by atoms with Crippen LogP contribution >= 0.6 is 0 Å². The topological polar surface area (TPSA) is 54.8 Å². The standard InChI is InChI=1S/C8H11N4/c1-4-12(3)8-6(2)11-7(9)5-10-8/h5H,1H2,2-3H3,(H2,9,11)/q+1. The Kier molecular flexibility index (Phi) is 2.21. The Morgan fingerprint density at radius 1 is 1.67 bits per heavy atom. The average molecular weight is 163 g/mol. The molecule has 0 fully saturated rings. The molecule has 1 aromatic rings. The van der Waals surface area contributed by atoms with E-state index < -0.39 is 0 Å². The van der Waals surface area contributed by atoms with Gasteiger partial charge in [-0.3, -0.25) is 0 Å². The summed E-state index contributed by atoms with van der Waals surface area (Å²) in [5.41, 5.74) is 6.21. The lowest BCUT2D eigenvalue weighted by atomic mass is 10.4.